The maximum atomic E-state index is 4.75. The molecule has 1 heterocycles. The number of anilines is 2. The smallest absolute Gasteiger partial charge is 0.190 e. The van der Waals surface area contributed by atoms with Crippen molar-refractivity contribution in [3.05, 3.63) is 102 Å². The summed E-state index contributed by atoms with van der Waals surface area (Å²) in [5.41, 5.74) is 4.95. The minimum atomic E-state index is 0.797. The molecular formula is C23H20N2S. The lowest BCUT2D eigenvalue weighted by atomic mass is 10.1. The molecule has 0 unspecified atom stereocenters. The fourth-order valence-corrected chi connectivity index (χ4v) is 4.03. The second-order valence-corrected chi connectivity index (χ2v) is 7.24. The van der Waals surface area contributed by atoms with Gasteiger partial charge in [0.1, 0.15) is 0 Å². The van der Waals surface area contributed by atoms with Crippen molar-refractivity contribution >= 4 is 22.2 Å². The lowest BCUT2D eigenvalue weighted by molar-refractivity contribution is 0.966. The van der Waals surface area contributed by atoms with Crippen LogP contribution < -0.4 is 4.90 Å². The van der Waals surface area contributed by atoms with Crippen LogP contribution in [-0.4, -0.2) is 4.98 Å². The molecule has 0 aliphatic heterocycles. The van der Waals surface area contributed by atoms with Crippen molar-refractivity contribution < 1.29 is 0 Å². The van der Waals surface area contributed by atoms with Crippen molar-refractivity contribution in [3.8, 4) is 10.4 Å². The van der Waals surface area contributed by atoms with Gasteiger partial charge >= 0.3 is 0 Å². The molecule has 128 valence electrons. The molecule has 0 radical (unpaired) electrons. The Bertz CT molecular complexity index is 977. The number of hydrogen-bond acceptors (Lipinski definition) is 3. The zero-order chi connectivity index (χ0) is 17.8. The summed E-state index contributed by atoms with van der Waals surface area (Å²) >= 11 is 1.74. The molecule has 0 aliphatic rings. The summed E-state index contributed by atoms with van der Waals surface area (Å²) in [6, 6.07) is 29.5. The Kier molecular flexibility index (Phi) is 4.80. The fraction of sp³-hybridized carbons (Fsp3) is 0.0870. The highest BCUT2D eigenvalue weighted by Gasteiger charge is 2.15. The molecule has 3 heteroatoms. The third-order valence-electron chi connectivity index (χ3n) is 4.39. The number of rotatable bonds is 5. The Morgan fingerprint density at radius 1 is 0.808 bits per heavy atom. The van der Waals surface area contributed by atoms with Gasteiger partial charge in [-0.05, 0) is 35.7 Å². The van der Waals surface area contributed by atoms with E-state index in [1.165, 1.54) is 21.6 Å². The fourth-order valence-electron chi connectivity index (χ4n) is 3.01. The zero-order valence-electron chi connectivity index (χ0n) is 14.7. The van der Waals surface area contributed by atoms with Crippen molar-refractivity contribution in [3.63, 3.8) is 0 Å². The first kappa shape index (κ1) is 16.6. The van der Waals surface area contributed by atoms with Crippen LogP contribution in [0.1, 0.15) is 11.1 Å². The van der Waals surface area contributed by atoms with Crippen LogP contribution >= 0.6 is 11.3 Å². The number of nitrogens with zero attached hydrogens (tertiary/aromatic N) is 2. The molecule has 0 atom stereocenters. The molecule has 4 rings (SSSR count). The lowest BCUT2D eigenvalue weighted by Gasteiger charge is -2.22. The Hall–Kier alpha value is -2.91. The number of benzene rings is 3. The molecule has 0 spiro atoms. The Balaban J connectivity index is 1.72. The van der Waals surface area contributed by atoms with Crippen molar-refractivity contribution in [2.24, 2.45) is 0 Å². The molecule has 0 aliphatic carbocycles. The molecule has 0 saturated carbocycles. The Morgan fingerprint density at radius 3 is 2.19 bits per heavy atom. The third kappa shape index (κ3) is 3.53. The van der Waals surface area contributed by atoms with E-state index in [0.717, 1.165) is 17.4 Å². The summed E-state index contributed by atoms with van der Waals surface area (Å²) in [6.45, 7) is 2.94. The molecule has 26 heavy (non-hydrogen) atoms. The van der Waals surface area contributed by atoms with E-state index in [4.69, 9.17) is 4.98 Å². The third-order valence-corrected chi connectivity index (χ3v) is 5.44. The molecular weight excluding hydrogens is 336 g/mol. The van der Waals surface area contributed by atoms with Crippen molar-refractivity contribution in [1.29, 1.82) is 0 Å². The lowest BCUT2D eigenvalue weighted by Crippen LogP contribution is -2.15. The van der Waals surface area contributed by atoms with Gasteiger partial charge in [-0.15, -0.1) is 0 Å². The summed E-state index contributed by atoms with van der Waals surface area (Å²) in [5, 5.41) is 1.01. The molecule has 4 aromatic rings. The first-order valence-electron chi connectivity index (χ1n) is 8.69. The molecule has 0 fully saturated rings. The van der Waals surface area contributed by atoms with Crippen molar-refractivity contribution in [2.75, 3.05) is 4.90 Å². The van der Waals surface area contributed by atoms with Crippen LogP contribution in [0.15, 0.2) is 91.1 Å². The van der Waals surface area contributed by atoms with Crippen molar-refractivity contribution in [2.45, 2.75) is 13.5 Å². The van der Waals surface area contributed by atoms with E-state index < -0.39 is 0 Å². The number of thiazole rings is 1. The van der Waals surface area contributed by atoms with Crippen molar-refractivity contribution in [1.82, 2.24) is 4.98 Å². The first-order chi connectivity index (χ1) is 12.8. The largest absolute Gasteiger partial charge is 0.313 e. The van der Waals surface area contributed by atoms with E-state index in [9.17, 15) is 0 Å². The Labute approximate surface area is 158 Å². The van der Waals surface area contributed by atoms with E-state index in [1.807, 2.05) is 12.3 Å². The number of aryl methyl sites for hydroxylation is 1. The van der Waals surface area contributed by atoms with Crippen LogP contribution in [-0.2, 0) is 6.54 Å². The summed E-state index contributed by atoms with van der Waals surface area (Å²) in [7, 11) is 0. The predicted octanol–water partition coefficient (Wildman–Crippen LogP) is 6.46. The van der Waals surface area contributed by atoms with Gasteiger partial charge in [-0.25, -0.2) is 4.98 Å². The van der Waals surface area contributed by atoms with E-state index in [1.54, 1.807) is 11.3 Å². The highest BCUT2D eigenvalue weighted by atomic mass is 32.1. The van der Waals surface area contributed by atoms with Crippen LogP contribution in [0.25, 0.3) is 10.4 Å². The summed E-state index contributed by atoms with van der Waals surface area (Å²) in [5.74, 6) is 0. The highest BCUT2D eigenvalue weighted by Crippen LogP contribution is 2.36. The van der Waals surface area contributed by atoms with E-state index in [2.05, 4.69) is 90.7 Å². The standard InChI is InChI=1S/C23H20N2S/c1-18-10-8-9-15-21(18)22-16-24-23(26-22)25(20-13-6-3-7-14-20)17-19-11-4-2-5-12-19/h2-16H,17H2,1H3. The van der Waals surface area contributed by atoms with Gasteiger partial charge in [-0.1, -0.05) is 84.1 Å². The molecule has 1 aromatic heterocycles. The van der Waals surface area contributed by atoms with Crippen LogP contribution in [0.4, 0.5) is 10.8 Å². The first-order valence-corrected chi connectivity index (χ1v) is 9.51. The average molecular weight is 356 g/mol. The number of para-hydroxylation sites is 1. The number of aromatic nitrogens is 1. The van der Waals surface area contributed by atoms with Gasteiger partial charge < -0.3 is 4.90 Å². The van der Waals surface area contributed by atoms with Crippen LogP contribution in [0.3, 0.4) is 0 Å². The maximum absolute atomic E-state index is 4.75. The predicted molar refractivity (Wildman–Crippen MR) is 111 cm³/mol. The quantitative estimate of drug-likeness (QED) is 0.408. The molecule has 0 amide bonds. The summed E-state index contributed by atoms with van der Waals surface area (Å²) in [6.07, 6.45) is 1.99. The monoisotopic (exact) mass is 356 g/mol. The van der Waals surface area contributed by atoms with E-state index >= 15 is 0 Å². The van der Waals surface area contributed by atoms with Gasteiger partial charge in [0.2, 0.25) is 0 Å². The van der Waals surface area contributed by atoms with Gasteiger partial charge in [0.25, 0.3) is 0 Å². The highest BCUT2D eigenvalue weighted by molar-refractivity contribution is 7.19. The molecule has 0 bridgehead atoms. The maximum Gasteiger partial charge on any atom is 0.190 e. The zero-order valence-corrected chi connectivity index (χ0v) is 15.5. The second kappa shape index (κ2) is 7.54. The van der Waals surface area contributed by atoms with Gasteiger partial charge in [-0.3, -0.25) is 0 Å². The molecule has 0 saturated heterocycles. The summed E-state index contributed by atoms with van der Waals surface area (Å²) in [4.78, 5) is 8.23. The second-order valence-electron chi connectivity index (χ2n) is 6.23. The van der Waals surface area contributed by atoms with E-state index in [0.29, 0.717) is 0 Å². The van der Waals surface area contributed by atoms with Crippen LogP contribution in [0.5, 0.6) is 0 Å². The average Bonchev–Trinajstić information content (AvgIpc) is 3.17. The normalized spacial score (nSPS) is 10.7. The SMILES string of the molecule is Cc1ccccc1-c1cnc(N(Cc2ccccc2)c2ccccc2)s1. The van der Waals surface area contributed by atoms with Crippen LogP contribution in [0.2, 0.25) is 0 Å². The van der Waals surface area contributed by atoms with Gasteiger partial charge in [-0.2, -0.15) is 0 Å². The minimum Gasteiger partial charge on any atom is -0.313 e. The van der Waals surface area contributed by atoms with Gasteiger partial charge in [0.15, 0.2) is 5.13 Å². The molecule has 2 nitrogen and oxygen atoms in total. The van der Waals surface area contributed by atoms with Gasteiger partial charge in [0.05, 0.1) is 11.4 Å². The minimum absolute atomic E-state index is 0.797. The topological polar surface area (TPSA) is 16.1 Å². The van der Waals surface area contributed by atoms with Crippen LogP contribution in [0, 0.1) is 6.92 Å². The molecule has 0 N–H and O–H groups in total. The number of hydrogen-bond donors (Lipinski definition) is 0. The Morgan fingerprint density at radius 2 is 1.46 bits per heavy atom. The van der Waals surface area contributed by atoms with E-state index in [-0.39, 0.29) is 0 Å². The summed E-state index contributed by atoms with van der Waals surface area (Å²) < 4.78 is 0. The molecule has 3 aromatic carbocycles. The van der Waals surface area contributed by atoms with Gasteiger partial charge in [0, 0.05) is 11.9 Å².